The molecule has 31 heavy (non-hydrogen) atoms. The number of carbonyl (C=O) groups excluding carboxylic acids is 2. The first-order valence-corrected chi connectivity index (χ1v) is 11.5. The largest absolute Gasteiger partial charge is 0.469 e. The summed E-state index contributed by atoms with van der Waals surface area (Å²) in [5, 5.41) is 3.89. The zero-order valence-corrected chi connectivity index (χ0v) is 20.4. The Kier molecular flexibility index (Phi) is 8.83. The number of hydrogen-bond acceptors (Lipinski definition) is 5. The van der Waals surface area contributed by atoms with Crippen LogP contribution in [0.5, 0.6) is 11.5 Å². The van der Waals surface area contributed by atoms with E-state index in [1.165, 1.54) is 7.11 Å². The predicted molar refractivity (Wildman–Crippen MR) is 128 cm³/mol. The highest BCUT2D eigenvalue weighted by molar-refractivity contribution is 7.99. The van der Waals surface area contributed by atoms with E-state index in [1.807, 2.05) is 39.0 Å². The molecule has 1 amide bonds. The Morgan fingerprint density at radius 1 is 1.13 bits per heavy atom. The third kappa shape index (κ3) is 8.11. The minimum absolute atomic E-state index is 0.0501. The van der Waals surface area contributed by atoms with Crippen LogP contribution in [0.4, 0.5) is 5.69 Å². The number of esters is 1. The lowest BCUT2D eigenvalue weighted by Crippen LogP contribution is -2.27. The van der Waals surface area contributed by atoms with Crippen LogP contribution in [-0.2, 0) is 26.5 Å². The molecule has 0 spiro atoms. The fourth-order valence-corrected chi connectivity index (χ4v) is 3.58. The van der Waals surface area contributed by atoms with Gasteiger partial charge in [0.05, 0.1) is 13.5 Å². The second-order valence-corrected chi connectivity index (χ2v) is 10.5. The first kappa shape index (κ1) is 25.1. The van der Waals surface area contributed by atoms with Gasteiger partial charge in [0.1, 0.15) is 11.5 Å². The van der Waals surface area contributed by atoms with Gasteiger partial charge in [-0.1, -0.05) is 46.2 Å². The van der Waals surface area contributed by atoms with E-state index in [0.717, 1.165) is 17.0 Å². The number of carbonyl (C=O) groups is 2. The van der Waals surface area contributed by atoms with E-state index in [0.29, 0.717) is 27.3 Å². The molecular formula is C24H30ClNO4S. The van der Waals surface area contributed by atoms with Gasteiger partial charge in [0.25, 0.3) is 0 Å². The van der Waals surface area contributed by atoms with Gasteiger partial charge >= 0.3 is 5.97 Å². The number of halogens is 1. The van der Waals surface area contributed by atoms with Crippen LogP contribution in [0.25, 0.3) is 0 Å². The Balaban J connectivity index is 2.32. The first-order valence-electron chi connectivity index (χ1n) is 10.1. The molecule has 0 heterocycles. The molecule has 0 aliphatic carbocycles. The van der Waals surface area contributed by atoms with Gasteiger partial charge in [-0.15, -0.1) is 0 Å². The summed E-state index contributed by atoms with van der Waals surface area (Å²) in [6, 6.07) is 10.8. The fourth-order valence-electron chi connectivity index (χ4n) is 2.59. The quantitative estimate of drug-likeness (QED) is 0.454. The van der Waals surface area contributed by atoms with E-state index in [9.17, 15) is 9.59 Å². The van der Waals surface area contributed by atoms with Crippen LogP contribution >= 0.6 is 23.4 Å². The number of rotatable bonds is 8. The van der Waals surface area contributed by atoms with E-state index < -0.39 is 5.41 Å². The maximum absolute atomic E-state index is 12.4. The van der Waals surface area contributed by atoms with Crippen LogP contribution < -0.4 is 10.1 Å². The molecule has 168 valence electrons. The first-order chi connectivity index (χ1) is 14.5. The summed E-state index contributed by atoms with van der Waals surface area (Å²) < 4.78 is 10.9. The molecule has 5 nitrogen and oxygen atoms in total. The van der Waals surface area contributed by atoms with Gasteiger partial charge in [-0.25, -0.2) is 0 Å². The second kappa shape index (κ2) is 10.9. The van der Waals surface area contributed by atoms with Crippen molar-refractivity contribution in [2.45, 2.75) is 52.0 Å². The Morgan fingerprint density at radius 2 is 1.84 bits per heavy atom. The summed E-state index contributed by atoms with van der Waals surface area (Å²) in [4.78, 5) is 24.0. The highest BCUT2D eigenvalue weighted by atomic mass is 35.5. The standard InChI is InChI=1S/C24H30ClNO4S/c1-15(2)31-14-17-12-19(26-23(28)24(3,4)5)7-8-21(17)30-20-10-16(9-18(25)13-20)11-22(27)29-6/h7-10,12-13,15H,11,14H2,1-6H3,(H,26,28). The fraction of sp³-hybridized carbons (Fsp3) is 0.417. The van der Waals surface area contributed by atoms with Gasteiger partial charge in [-0.3, -0.25) is 9.59 Å². The van der Waals surface area contributed by atoms with Crippen LogP contribution in [-0.4, -0.2) is 24.2 Å². The molecule has 7 heteroatoms. The Labute approximate surface area is 193 Å². The summed E-state index contributed by atoms with van der Waals surface area (Å²) >= 11 is 8.01. The molecule has 0 saturated heterocycles. The molecule has 1 N–H and O–H groups in total. The average molecular weight is 464 g/mol. The highest BCUT2D eigenvalue weighted by Crippen LogP contribution is 2.34. The monoisotopic (exact) mass is 463 g/mol. The van der Waals surface area contributed by atoms with E-state index in [2.05, 4.69) is 19.2 Å². The Hall–Kier alpha value is -2.18. The van der Waals surface area contributed by atoms with Crippen molar-refractivity contribution in [2.75, 3.05) is 12.4 Å². The normalized spacial score (nSPS) is 11.4. The second-order valence-electron chi connectivity index (χ2n) is 8.54. The summed E-state index contributed by atoms with van der Waals surface area (Å²) in [5.74, 6) is 1.54. The molecule has 2 rings (SSSR count). The molecule has 0 aliphatic rings. The zero-order valence-electron chi connectivity index (χ0n) is 18.9. The van der Waals surface area contributed by atoms with Crippen molar-refractivity contribution in [1.29, 1.82) is 0 Å². The Morgan fingerprint density at radius 3 is 2.45 bits per heavy atom. The molecule has 0 bridgehead atoms. The van der Waals surface area contributed by atoms with Gasteiger partial charge in [0.15, 0.2) is 0 Å². The lowest BCUT2D eigenvalue weighted by atomic mass is 9.95. The van der Waals surface area contributed by atoms with Crippen molar-refractivity contribution in [3.8, 4) is 11.5 Å². The van der Waals surface area contributed by atoms with Gasteiger partial charge < -0.3 is 14.8 Å². The number of ether oxygens (including phenoxy) is 2. The van der Waals surface area contributed by atoms with E-state index >= 15 is 0 Å². The van der Waals surface area contributed by atoms with Gasteiger partial charge in [-0.2, -0.15) is 11.8 Å². The van der Waals surface area contributed by atoms with E-state index in [1.54, 1.807) is 30.0 Å². The van der Waals surface area contributed by atoms with Crippen LogP contribution in [0.15, 0.2) is 36.4 Å². The minimum atomic E-state index is -0.487. The highest BCUT2D eigenvalue weighted by Gasteiger charge is 2.21. The van der Waals surface area contributed by atoms with E-state index in [-0.39, 0.29) is 18.3 Å². The Bertz CT molecular complexity index is 938. The molecule has 0 radical (unpaired) electrons. The lowest BCUT2D eigenvalue weighted by Gasteiger charge is -2.19. The maximum Gasteiger partial charge on any atom is 0.309 e. The smallest absolute Gasteiger partial charge is 0.309 e. The molecule has 0 aliphatic heterocycles. The van der Waals surface area contributed by atoms with Crippen molar-refractivity contribution in [3.05, 3.63) is 52.5 Å². The number of methoxy groups -OCH3 is 1. The molecule has 2 aromatic rings. The number of thioether (sulfide) groups is 1. The number of hydrogen-bond donors (Lipinski definition) is 1. The summed E-state index contributed by atoms with van der Waals surface area (Å²) in [7, 11) is 1.35. The van der Waals surface area contributed by atoms with Crippen molar-refractivity contribution in [3.63, 3.8) is 0 Å². The molecular weight excluding hydrogens is 434 g/mol. The van der Waals surface area contributed by atoms with Crippen LogP contribution in [0.3, 0.4) is 0 Å². The molecule has 0 unspecified atom stereocenters. The van der Waals surface area contributed by atoms with Crippen molar-refractivity contribution in [2.24, 2.45) is 5.41 Å². The SMILES string of the molecule is COC(=O)Cc1cc(Cl)cc(Oc2ccc(NC(=O)C(C)(C)C)cc2CSC(C)C)c1. The molecule has 0 fully saturated rings. The van der Waals surface area contributed by atoms with Gasteiger partial charge in [-0.05, 0) is 47.2 Å². The molecule has 0 saturated carbocycles. The number of anilines is 1. The number of nitrogens with one attached hydrogen (secondary N) is 1. The summed E-state index contributed by atoms with van der Waals surface area (Å²) in [5.41, 5.74) is 1.91. The van der Waals surface area contributed by atoms with Crippen LogP contribution in [0.1, 0.15) is 45.7 Å². The van der Waals surface area contributed by atoms with Crippen molar-refractivity contribution >= 4 is 40.9 Å². The number of benzene rings is 2. The third-order valence-electron chi connectivity index (χ3n) is 4.31. The lowest BCUT2D eigenvalue weighted by molar-refractivity contribution is -0.139. The summed E-state index contributed by atoms with van der Waals surface area (Å²) in [6.07, 6.45) is 0.112. The van der Waals surface area contributed by atoms with Crippen molar-refractivity contribution < 1.29 is 19.1 Å². The molecule has 2 aromatic carbocycles. The average Bonchev–Trinajstić information content (AvgIpc) is 2.66. The van der Waals surface area contributed by atoms with Gasteiger partial charge in [0, 0.05) is 27.4 Å². The van der Waals surface area contributed by atoms with Gasteiger partial charge in [0.2, 0.25) is 5.91 Å². The van der Waals surface area contributed by atoms with Crippen molar-refractivity contribution in [1.82, 2.24) is 0 Å². The molecule has 0 aromatic heterocycles. The zero-order chi connectivity index (χ0) is 23.2. The van der Waals surface area contributed by atoms with E-state index in [4.69, 9.17) is 21.1 Å². The van der Waals surface area contributed by atoms with Crippen LogP contribution in [0.2, 0.25) is 5.02 Å². The minimum Gasteiger partial charge on any atom is -0.469 e. The predicted octanol–water partition coefficient (Wildman–Crippen LogP) is 6.47. The summed E-state index contributed by atoms with van der Waals surface area (Å²) in [6.45, 7) is 9.89. The third-order valence-corrected chi connectivity index (χ3v) is 5.67. The number of amides is 1. The van der Waals surface area contributed by atoms with Crippen LogP contribution in [0, 0.1) is 5.41 Å². The molecule has 0 atom stereocenters. The topological polar surface area (TPSA) is 64.6 Å². The maximum atomic E-state index is 12.4.